The largest absolute Gasteiger partial charge is 0.492 e. The van der Waals surface area contributed by atoms with Gasteiger partial charge in [0.15, 0.2) is 0 Å². The monoisotopic (exact) mass is 374 g/mol. The Labute approximate surface area is 160 Å². The highest BCUT2D eigenvalue weighted by Crippen LogP contribution is 2.39. The topological polar surface area (TPSA) is 99.9 Å². The number of esters is 1. The molecule has 0 unspecified atom stereocenters. The number of ether oxygens (including phenoxy) is 1. The molecule has 1 aromatic carbocycles. The number of methoxy groups -OCH3 is 1. The average molecular weight is 374 g/mol. The van der Waals surface area contributed by atoms with Crippen molar-refractivity contribution >= 4 is 30.8 Å². The van der Waals surface area contributed by atoms with Crippen LogP contribution in [0.4, 0.5) is 5.69 Å². The number of hydrogen-bond donors (Lipinski definition) is 2. The second-order valence-electron chi connectivity index (χ2n) is 7.52. The van der Waals surface area contributed by atoms with Crippen molar-refractivity contribution in [2.45, 2.75) is 45.8 Å². The van der Waals surface area contributed by atoms with Crippen molar-refractivity contribution in [1.29, 1.82) is 0 Å². The standard InChI is InChI=1S/C19H27BN2O5/c1-12(23)22-11-14(20-26-18(2,3)19(4,5)27-20)10-13-8-7-9-15(16(13)21)17(24)25-6/h7-10H,11,21H2,1-6H3,(H,22,23). The third kappa shape index (κ3) is 4.51. The van der Waals surface area contributed by atoms with Crippen LogP contribution in [0.3, 0.4) is 0 Å². The van der Waals surface area contributed by atoms with Gasteiger partial charge in [-0.25, -0.2) is 4.79 Å². The lowest BCUT2D eigenvalue weighted by Gasteiger charge is -2.32. The number of carbonyl (C=O) groups is 2. The van der Waals surface area contributed by atoms with Gasteiger partial charge < -0.3 is 25.1 Å². The molecule has 1 fully saturated rings. The summed E-state index contributed by atoms with van der Waals surface area (Å²) in [6, 6.07) is 5.09. The maximum absolute atomic E-state index is 11.9. The Morgan fingerprint density at radius 2 is 1.81 bits per heavy atom. The van der Waals surface area contributed by atoms with E-state index in [1.54, 1.807) is 24.3 Å². The van der Waals surface area contributed by atoms with Crippen LogP contribution in [0.1, 0.15) is 50.5 Å². The zero-order valence-corrected chi connectivity index (χ0v) is 16.7. The van der Waals surface area contributed by atoms with Gasteiger partial charge in [-0.05, 0) is 44.8 Å². The molecule has 27 heavy (non-hydrogen) atoms. The molecule has 0 bridgehead atoms. The zero-order chi connectivity index (χ0) is 20.4. The maximum Gasteiger partial charge on any atom is 0.492 e. The van der Waals surface area contributed by atoms with E-state index >= 15 is 0 Å². The zero-order valence-electron chi connectivity index (χ0n) is 16.7. The Morgan fingerprint density at radius 1 is 1.22 bits per heavy atom. The number of benzene rings is 1. The lowest BCUT2D eigenvalue weighted by Crippen LogP contribution is -2.41. The third-order valence-corrected chi connectivity index (χ3v) is 4.98. The van der Waals surface area contributed by atoms with Gasteiger partial charge >= 0.3 is 13.1 Å². The molecule has 1 aliphatic rings. The molecule has 1 saturated heterocycles. The summed E-state index contributed by atoms with van der Waals surface area (Å²) in [5, 5.41) is 2.77. The number of amides is 1. The number of nitrogen functional groups attached to an aromatic ring is 1. The molecule has 0 saturated carbocycles. The Kier molecular flexibility index (Phi) is 6.02. The van der Waals surface area contributed by atoms with Gasteiger partial charge in [-0.15, -0.1) is 0 Å². The third-order valence-electron chi connectivity index (χ3n) is 4.98. The highest BCUT2D eigenvalue weighted by molar-refractivity contribution is 6.56. The Balaban J connectivity index is 2.43. The van der Waals surface area contributed by atoms with Crippen LogP contribution in [-0.2, 0) is 18.8 Å². The van der Waals surface area contributed by atoms with E-state index in [0.717, 1.165) is 0 Å². The summed E-state index contributed by atoms with van der Waals surface area (Å²) < 4.78 is 17.0. The van der Waals surface area contributed by atoms with Crippen molar-refractivity contribution in [3.8, 4) is 0 Å². The first-order chi connectivity index (χ1) is 12.5. The summed E-state index contributed by atoms with van der Waals surface area (Å²) in [5.41, 5.74) is 6.99. The second-order valence-corrected chi connectivity index (χ2v) is 7.52. The molecule has 146 valence electrons. The SMILES string of the molecule is COC(=O)c1cccc(C=C(CNC(C)=O)B2OC(C)(C)C(C)(C)O2)c1N. The highest BCUT2D eigenvalue weighted by Gasteiger charge is 2.52. The molecule has 7 nitrogen and oxygen atoms in total. The number of rotatable bonds is 5. The Bertz CT molecular complexity index is 757. The van der Waals surface area contributed by atoms with Crippen molar-refractivity contribution in [2.75, 3.05) is 19.4 Å². The Hall–Kier alpha value is -2.32. The fraction of sp³-hybridized carbons (Fsp3) is 0.474. The van der Waals surface area contributed by atoms with E-state index in [1.165, 1.54) is 14.0 Å². The first-order valence-electron chi connectivity index (χ1n) is 8.76. The van der Waals surface area contributed by atoms with E-state index in [0.29, 0.717) is 16.7 Å². The Morgan fingerprint density at radius 3 is 2.33 bits per heavy atom. The van der Waals surface area contributed by atoms with Gasteiger partial charge in [0, 0.05) is 13.5 Å². The van der Waals surface area contributed by atoms with Crippen LogP contribution in [0.5, 0.6) is 0 Å². The van der Waals surface area contributed by atoms with Crippen LogP contribution >= 0.6 is 0 Å². The van der Waals surface area contributed by atoms with E-state index in [4.69, 9.17) is 19.8 Å². The minimum atomic E-state index is -0.650. The first-order valence-corrected chi connectivity index (χ1v) is 8.76. The fourth-order valence-corrected chi connectivity index (χ4v) is 2.62. The van der Waals surface area contributed by atoms with Crippen molar-refractivity contribution in [3.63, 3.8) is 0 Å². The summed E-state index contributed by atoms with van der Waals surface area (Å²) in [5.74, 6) is -0.685. The first kappa shape index (κ1) is 21.0. The van der Waals surface area contributed by atoms with Crippen LogP contribution in [0.25, 0.3) is 6.08 Å². The van der Waals surface area contributed by atoms with Gasteiger partial charge in [0.05, 0.1) is 29.6 Å². The lowest BCUT2D eigenvalue weighted by atomic mass is 9.76. The van der Waals surface area contributed by atoms with E-state index in [1.807, 2.05) is 27.7 Å². The normalized spacial score (nSPS) is 18.3. The molecule has 0 aliphatic carbocycles. The summed E-state index contributed by atoms with van der Waals surface area (Å²) in [4.78, 5) is 23.3. The number of nitrogens with two attached hydrogens (primary N) is 1. The number of nitrogens with one attached hydrogen (secondary N) is 1. The van der Waals surface area contributed by atoms with E-state index in [2.05, 4.69) is 5.32 Å². The molecular weight excluding hydrogens is 347 g/mol. The van der Waals surface area contributed by atoms with Crippen LogP contribution < -0.4 is 11.1 Å². The van der Waals surface area contributed by atoms with E-state index in [-0.39, 0.29) is 18.0 Å². The summed E-state index contributed by atoms with van der Waals surface area (Å²) in [7, 11) is 0.652. The minimum absolute atomic E-state index is 0.172. The molecule has 1 aromatic rings. The molecule has 8 heteroatoms. The lowest BCUT2D eigenvalue weighted by molar-refractivity contribution is -0.118. The number of hydrogen-bond acceptors (Lipinski definition) is 6. The second kappa shape index (κ2) is 7.74. The minimum Gasteiger partial charge on any atom is -0.465 e. The molecule has 3 N–H and O–H groups in total. The number of carbonyl (C=O) groups excluding carboxylic acids is 2. The molecule has 0 spiro atoms. The molecule has 0 aromatic heterocycles. The van der Waals surface area contributed by atoms with Crippen LogP contribution in [0.15, 0.2) is 23.7 Å². The predicted molar refractivity (Wildman–Crippen MR) is 105 cm³/mol. The van der Waals surface area contributed by atoms with Crippen molar-refractivity contribution in [1.82, 2.24) is 5.32 Å². The molecular formula is C19H27BN2O5. The van der Waals surface area contributed by atoms with E-state index in [9.17, 15) is 9.59 Å². The molecule has 1 amide bonds. The molecule has 2 rings (SSSR count). The predicted octanol–water partition coefficient (Wildman–Crippen LogP) is 2.21. The average Bonchev–Trinajstić information content (AvgIpc) is 2.79. The van der Waals surface area contributed by atoms with Crippen molar-refractivity contribution in [2.24, 2.45) is 0 Å². The van der Waals surface area contributed by atoms with Crippen LogP contribution in [0, 0.1) is 0 Å². The van der Waals surface area contributed by atoms with Gasteiger partial charge in [0.2, 0.25) is 5.91 Å². The maximum atomic E-state index is 11.9. The van der Waals surface area contributed by atoms with Crippen LogP contribution in [0.2, 0.25) is 0 Å². The molecule has 0 radical (unpaired) electrons. The van der Waals surface area contributed by atoms with Gasteiger partial charge in [-0.3, -0.25) is 4.79 Å². The fourth-order valence-electron chi connectivity index (χ4n) is 2.62. The summed E-state index contributed by atoms with van der Waals surface area (Å²) >= 11 is 0. The van der Waals surface area contributed by atoms with Gasteiger partial charge in [-0.1, -0.05) is 18.2 Å². The molecule has 1 heterocycles. The molecule has 1 aliphatic heterocycles. The van der Waals surface area contributed by atoms with Gasteiger partial charge in [0.1, 0.15) is 0 Å². The van der Waals surface area contributed by atoms with Crippen molar-refractivity contribution in [3.05, 3.63) is 34.8 Å². The summed E-state index contributed by atoms with van der Waals surface area (Å²) in [6.45, 7) is 9.48. The van der Waals surface area contributed by atoms with Crippen molar-refractivity contribution < 1.29 is 23.6 Å². The highest BCUT2D eigenvalue weighted by atomic mass is 16.7. The van der Waals surface area contributed by atoms with Crippen LogP contribution in [-0.4, -0.2) is 43.9 Å². The number of anilines is 1. The van der Waals surface area contributed by atoms with Gasteiger partial charge in [0.25, 0.3) is 0 Å². The number of para-hydroxylation sites is 1. The quantitative estimate of drug-likeness (QED) is 0.466. The van der Waals surface area contributed by atoms with Gasteiger partial charge in [-0.2, -0.15) is 0 Å². The molecule has 0 atom stereocenters. The van der Waals surface area contributed by atoms with E-state index < -0.39 is 24.3 Å². The summed E-state index contributed by atoms with van der Waals surface area (Å²) in [6.07, 6.45) is 1.78. The smallest absolute Gasteiger partial charge is 0.465 e.